The van der Waals surface area contributed by atoms with Crippen LogP contribution in [0.25, 0.3) is 0 Å². The van der Waals surface area contributed by atoms with Crippen molar-refractivity contribution in [2.24, 2.45) is 5.73 Å². The summed E-state index contributed by atoms with van der Waals surface area (Å²) >= 11 is 0. The Morgan fingerprint density at radius 3 is 2.43 bits per heavy atom. The molecule has 0 amide bonds. The summed E-state index contributed by atoms with van der Waals surface area (Å²) in [5.41, 5.74) is 5.48. The van der Waals surface area contributed by atoms with E-state index in [-0.39, 0.29) is 11.8 Å². The number of nitrogens with two attached hydrogens (primary N) is 1. The van der Waals surface area contributed by atoms with Crippen molar-refractivity contribution in [3.63, 3.8) is 0 Å². The lowest BCUT2D eigenvalue weighted by atomic mass is 10.1. The summed E-state index contributed by atoms with van der Waals surface area (Å²) in [6, 6.07) is -0.499. The first-order valence-corrected chi connectivity index (χ1v) is 6.41. The van der Waals surface area contributed by atoms with Gasteiger partial charge in [0, 0.05) is 19.1 Å². The Balaban J connectivity index is 2.05. The van der Waals surface area contributed by atoms with Gasteiger partial charge in [-0.05, 0) is 19.3 Å². The summed E-state index contributed by atoms with van der Waals surface area (Å²) in [7, 11) is -3.21. The molecular weight excluding hydrogens is 207 g/mol. The van der Waals surface area contributed by atoms with E-state index in [0.717, 1.165) is 12.8 Å². The van der Waals surface area contributed by atoms with Gasteiger partial charge in [0.1, 0.15) is 6.17 Å². The molecule has 2 N–H and O–H groups in total. The van der Waals surface area contributed by atoms with Gasteiger partial charge in [-0.2, -0.15) is 4.31 Å². The third kappa shape index (κ3) is 1.78. The predicted octanol–water partition coefficient (Wildman–Crippen LogP) is -0.150. The second-order valence-electron chi connectivity index (χ2n) is 4.07. The van der Waals surface area contributed by atoms with E-state index in [2.05, 4.69) is 0 Å². The Hall–Kier alpha value is -0.200. The molecule has 14 heavy (non-hydrogen) atoms. The summed E-state index contributed by atoms with van der Waals surface area (Å²) < 4.78 is 37.9. The molecule has 0 radical (unpaired) electrons. The third-order valence-corrected chi connectivity index (χ3v) is 5.23. The second kappa shape index (κ2) is 3.43. The molecule has 2 atom stereocenters. The minimum Gasteiger partial charge on any atom is -0.325 e. The lowest BCUT2D eigenvalue weighted by molar-refractivity contribution is 0.176. The number of nitrogens with zero attached hydrogens (tertiary/aromatic N) is 1. The molecule has 2 unspecified atom stereocenters. The molecule has 0 aromatic carbocycles. The number of hydrogen-bond donors (Lipinski definition) is 1. The van der Waals surface area contributed by atoms with Crippen LogP contribution in [0, 0.1) is 0 Å². The van der Waals surface area contributed by atoms with Gasteiger partial charge in [-0.15, -0.1) is 0 Å². The number of alkyl halides is 1. The van der Waals surface area contributed by atoms with Crippen molar-refractivity contribution in [3.05, 3.63) is 0 Å². The van der Waals surface area contributed by atoms with E-state index in [1.807, 2.05) is 0 Å². The van der Waals surface area contributed by atoms with Gasteiger partial charge in [0.2, 0.25) is 10.0 Å². The van der Waals surface area contributed by atoms with Crippen LogP contribution in [-0.4, -0.2) is 43.3 Å². The fraction of sp³-hybridized carbons (Fsp3) is 1.00. The van der Waals surface area contributed by atoms with E-state index in [0.29, 0.717) is 13.0 Å². The number of halogens is 1. The minimum atomic E-state index is -3.21. The van der Waals surface area contributed by atoms with E-state index in [9.17, 15) is 12.8 Å². The standard InChI is InChI=1S/C8H15FN2O2S/c9-7-5-11(4-3-8(7)10)14(12,13)6-1-2-6/h6-8H,1-5,10H2. The Morgan fingerprint density at radius 1 is 1.29 bits per heavy atom. The van der Waals surface area contributed by atoms with E-state index in [4.69, 9.17) is 5.73 Å². The lowest BCUT2D eigenvalue weighted by Gasteiger charge is -2.31. The zero-order valence-corrected chi connectivity index (χ0v) is 8.71. The van der Waals surface area contributed by atoms with Gasteiger partial charge < -0.3 is 5.73 Å². The average molecular weight is 222 g/mol. The maximum Gasteiger partial charge on any atom is 0.217 e. The van der Waals surface area contributed by atoms with Crippen LogP contribution in [0.4, 0.5) is 4.39 Å². The molecule has 0 aromatic heterocycles. The minimum absolute atomic E-state index is 0.0556. The Kier molecular flexibility index (Phi) is 2.53. The maximum absolute atomic E-state index is 13.2. The molecule has 0 spiro atoms. The first-order valence-electron chi connectivity index (χ1n) is 4.90. The number of hydrogen-bond acceptors (Lipinski definition) is 3. The van der Waals surface area contributed by atoms with Crippen molar-refractivity contribution in [2.75, 3.05) is 13.1 Å². The van der Waals surface area contributed by atoms with Crippen LogP contribution in [0.1, 0.15) is 19.3 Å². The highest BCUT2D eigenvalue weighted by atomic mass is 32.2. The summed E-state index contributed by atoms with van der Waals surface area (Å²) in [6.07, 6.45) is 0.661. The monoisotopic (exact) mass is 222 g/mol. The molecule has 2 aliphatic rings. The van der Waals surface area contributed by atoms with Crippen LogP contribution in [0.15, 0.2) is 0 Å². The molecule has 82 valence electrons. The molecule has 1 heterocycles. The lowest BCUT2D eigenvalue weighted by Crippen LogP contribution is -2.51. The van der Waals surface area contributed by atoms with E-state index >= 15 is 0 Å². The highest BCUT2D eigenvalue weighted by molar-refractivity contribution is 7.90. The Bertz CT molecular complexity index is 315. The van der Waals surface area contributed by atoms with Crippen LogP contribution < -0.4 is 5.73 Å². The van der Waals surface area contributed by atoms with Gasteiger partial charge >= 0.3 is 0 Å². The highest BCUT2D eigenvalue weighted by Crippen LogP contribution is 2.32. The molecule has 1 saturated heterocycles. The smallest absolute Gasteiger partial charge is 0.217 e. The van der Waals surface area contributed by atoms with Gasteiger partial charge in [-0.3, -0.25) is 0 Å². The summed E-state index contributed by atoms with van der Waals surface area (Å²) in [6.45, 7) is 0.320. The fourth-order valence-electron chi connectivity index (χ4n) is 1.70. The summed E-state index contributed by atoms with van der Waals surface area (Å²) in [4.78, 5) is 0. The Labute approximate surface area is 83.3 Å². The largest absolute Gasteiger partial charge is 0.325 e. The molecule has 1 aliphatic carbocycles. The molecule has 1 aliphatic heterocycles. The first-order chi connectivity index (χ1) is 6.51. The van der Waals surface area contributed by atoms with Crippen molar-refractivity contribution < 1.29 is 12.8 Å². The van der Waals surface area contributed by atoms with Crippen molar-refractivity contribution >= 4 is 10.0 Å². The molecule has 0 aromatic rings. The molecule has 1 saturated carbocycles. The van der Waals surface area contributed by atoms with Gasteiger partial charge in [-0.1, -0.05) is 0 Å². The molecule has 4 nitrogen and oxygen atoms in total. The van der Waals surface area contributed by atoms with Gasteiger partial charge in [0.25, 0.3) is 0 Å². The average Bonchev–Trinajstić information content (AvgIpc) is 2.92. The fourth-order valence-corrected chi connectivity index (χ4v) is 3.57. The van der Waals surface area contributed by atoms with Gasteiger partial charge in [-0.25, -0.2) is 12.8 Å². The SMILES string of the molecule is NC1CCN(S(=O)(=O)C2CC2)CC1F. The number of sulfonamides is 1. The van der Waals surface area contributed by atoms with E-state index in [1.165, 1.54) is 4.31 Å². The highest BCUT2D eigenvalue weighted by Gasteiger charge is 2.42. The van der Waals surface area contributed by atoms with Crippen molar-refractivity contribution in [3.8, 4) is 0 Å². The van der Waals surface area contributed by atoms with Crippen LogP contribution in [0.3, 0.4) is 0 Å². The molecule has 2 rings (SSSR count). The van der Waals surface area contributed by atoms with Crippen LogP contribution in [-0.2, 0) is 10.0 Å². The summed E-state index contributed by atoms with van der Waals surface area (Å²) in [5, 5.41) is -0.246. The van der Waals surface area contributed by atoms with Crippen LogP contribution in [0.2, 0.25) is 0 Å². The van der Waals surface area contributed by atoms with Crippen LogP contribution >= 0.6 is 0 Å². The third-order valence-electron chi connectivity index (χ3n) is 2.86. The normalized spacial score (nSPS) is 35.9. The maximum atomic E-state index is 13.2. The second-order valence-corrected chi connectivity index (χ2v) is 6.28. The Morgan fingerprint density at radius 2 is 1.93 bits per heavy atom. The van der Waals surface area contributed by atoms with E-state index < -0.39 is 22.2 Å². The first kappa shape index (κ1) is 10.3. The molecule has 0 bridgehead atoms. The number of rotatable bonds is 2. The predicted molar refractivity (Wildman–Crippen MR) is 51.0 cm³/mol. The van der Waals surface area contributed by atoms with Crippen molar-refractivity contribution in [2.45, 2.75) is 36.7 Å². The topological polar surface area (TPSA) is 63.4 Å². The quantitative estimate of drug-likeness (QED) is 0.706. The summed E-state index contributed by atoms with van der Waals surface area (Å²) in [5.74, 6) is 0. The zero-order chi connectivity index (χ0) is 10.3. The van der Waals surface area contributed by atoms with Crippen molar-refractivity contribution in [1.82, 2.24) is 4.31 Å². The molecule has 6 heteroatoms. The van der Waals surface area contributed by atoms with E-state index in [1.54, 1.807) is 0 Å². The zero-order valence-electron chi connectivity index (χ0n) is 7.89. The van der Waals surface area contributed by atoms with Crippen molar-refractivity contribution in [1.29, 1.82) is 0 Å². The number of piperidine rings is 1. The molecule has 2 fully saturated rings. The van der Waals surface area contributed by atoms with Gasteiger partial charge in [0.15, 0.2) is 0 Å². The van der Waals surface area contributed by atoms with Crippen LogP contribution in [0.5, 0.6) is 0 Å². The van der Waals surface area contributed by atoms with Gasteiger partial charge in [0.05, 0.1) is 5.25 Å². The molecular formula is C8H15FN2O2S.